The maximum absolute atomic E-state index is 12.0. The molecule has 0 aromatic carbocycles. The second-order valence-electron chi connectivity index (χ2n) is 3.74. The smallest absolute Gasteiger partial charge is 0.214 e. The summed E-state index contributed by atoms with van der Waals surface area (Å²) in [6, 6.07) is 3.64. The zero-order chi connectivity index (χ0) is 12.7. The summed E-state index contributed by atoms with van der Waals surface area (Å²) in [6.07, 6.45) is 3.82. The fourth-order valence-corrected chi connectivity index (χ4v) is 3.02. The van der Waals surface area contributed by atoms with Gasteiger partial charge in [0.1, 0.15) is 0 Å². The Bertz CT molecular complexity index is 420. The van der Waals surface area contributed by atoms with Gasteiger partial charge in [0.25, 0.3) is 0 Å². The van der Waals surface area contributed by atoms with E-state index in [2.05, 4.69) is 4.98 Å². The molecule has 1 rings (SSSR count). The lowest BCUT2D eigenvalue weighted by atomic mass is 10.3. The van der Waals surface area contributed by atoms with Gasteiger partial charge in [-0.1, -0.05) is 6.92 Å². The molecule has 1 aromatic heterocycles. The van der Waals surface area contributed by atoms with Crippen LogP contribution in [0.5, 0.6) is 0 Å². The molecule has 0 saturated carbocycles. The van der Waals surface area contributed by atoms with E-state index in [9.17, 15) is 8.42 Å². The van der Waals surface area contributed by atoms with Crippen LogP contribution in [0.2, 0.25) is 0 Å². The summed E-state index contributed by atoms with van der Waals surface area (Å²) in [4.78, 5) is 3.91. The zero-order valence-electron chi connectivity index (χ0n) is 10.0. The van der Waals surface area contributed by atoms with E-state index in [0.717, 1.165) is 5.56 Å². The Morgan fingerprint density at radius 1 is 1.35 bits per heavy atom. The lowest BCUT2D eigenvalue weighted by Crippen LogP contribution is -2.33. The molecule has 0 fully saturated rings. The van der Waals surface area contributed by atoms with Crippen molar-refractivity contribution in [3.05, 3.63) is 30.1 Å². The number of pyridine rings is 1. The van der Waals surface area contributed by atoms with Gasteiger partial charge >= 0.3 is 0 Å². The Labute approximate surface area is 103 Å². The van der Waals surface area contributed by atoms with Crippen molar-refractivity contribution in [1.29, 1.82) is 0 Å². The van der Waals surface area contributed by atoms with Crippen molar-refractivity contribution >= 4 is 10.0 Å². The lowest BCUT2D eigenvalue weighted by Gasteiger charge is -2.20. The van der Waals surface area contributed by atoms with Gasteiger partial charge in [-0.3, -0.25) is 4.98 Å². The molecule has 0 radical (unpaired) electrons. The van der Waals surface area contributed by atoms with Crippen LogP contribution in [-0.2, 0) is 16.6 Å². The van der Waals surface area contributed by atoms with Crippen LogP contribution in [-0.4, -0.2) is 36.5 Å². The molecule has 0 aliphatic heterocycles. The second kappa shape index (κ2) is 6.68. The van der Waals surface area contributed by atoms with E-state index in [0.29, 0.717) is 26.1 Å². The van der Waals surface area contributed by atoms with Gasteiger partial charge in [-0.25, -0.2) is 8.42 Å². The summed E-state index contributed by atoms with van der Waals surface area (Å²) >= 11 is 0. The molecular formula is C11H19N3O2S. The van der Waals surface area contributed by atoms with Crippen molar-refractivity contribution in [3.63, 3.8) is 0 Å². The van der Waals surface area contributed by atoms with Crippen molar-refractivity contribution in [2.45, 2.75) is 19.9 Å². The molecule has 0 spiro atoms. The molecule has 0 aliphatic rings. The molecule has 6 heteroatoms. The lowest BCUT2D eigenvalue weighted by molar-refractivity contribution is 0.422. The summed E-state index contributed by atoms with van der Waals surface area (Å²) in [7, 11) is -3.20. The van der Waals surface area contributed by atoms with Crippen LogP contribution in [0.1, 0.15) is 18.9 Å². The fraction of sp³-hybridized carbons (Fsp3) is 0.545. The summed E-state index contributed by atoms with van der Waals surface area (Å²) in [6.45, 7) is 3.09. The average molecular weight is 257 g/mol. The molecule has 0 saturated heterocycles. The van der Waals surface area contributed by atoms with Gasteiger partial charge in [0.2, 0.25) is 10.0 Å². The van der Waals surface area contributed by atoms with Crippen molar-refractivity contribution in [2.75, 3.05) is 18.8 Å². The minimum Gasteiger partial charge on any atom is -0.330 e. The van der Waals surface area contributed by atoms with Crippen LogP contribution in [0.4, 0.5) is 0 Å². The van der Waals surface area contributed by atoms with Crippen molar-refractivity contribution < 1.29 is 8.42 Å². The topological polar surface area (TPSA) is 76.3 Å². The monoisotopic (exact) mass is 257 g/mol. The number of sulfonamides is 1. The van der Waals surface area contributed by atoms with Gasteiger partial charge in [-0.2, -0.15) is 4.31 Å². The first-order chi connectivity index (χ1) is 8.10. The first kappa shape index (κ1) is 14.1. The fourth-order valence-electron chi connectivity index (χ4n) is 1.49. The standard InChI is InChI=1S/C11H19N3O2S/c1-2-14(17(15,16)9-3-6-12)10-11-4-7-13-8-5-11/h4-5,7-8H,2-3,6,9-10,12H2,1H3. The third-order valence-electron chi connectivity index (χ3n) is 2.46. The SMILES string of the molecule is CCN(Cc1ccncc1)S(=O)(=O)CCCN. The van der Waals surface area contributed by atoms with Gasteiger partial charge < -0.3 is 5.73 Å². The highest BCUT2D eigenvalue weighted by molar-refractivity contribution is 7.89. The molecule has 5 nitrogen and oxygen atoms in total. The molecule has 0 aliphatic carbocycles. The number of rotatable bonds is 7. The number of nitrogens with two attached hydrogens (primary N) is 1. The number of aromatic nitrogens is 1. The maximum Gasteiger partial charge on any atom is 0.214 e. The largest absolute Gasteiger partial charge is 0.330 e. The van der Waals surface area contributed by atoms with Crippen LogP contribution in [0, 0.1) is 0 Å². The maximum atomic E-state index is 12.0. The highest BCUT2D eigenvalue weighted by Gasteiger charge is 2.19. The Balaban J connectivity index is 2.72. The van der Waals surface area contributed by atoms with E-state index in [1.807, 2.05) is 19.1 Å². The molecule has 0 atom stereocenters. The van der Waals surface area contributed by atoms with Crippen LogP contribution >= 0.6 is 0 Å². The van der Waals surface area contributed by atoms with Gasteiger partial charge in [-0.15, -0.1) is 0 Å². The van der Waals surface area contributed by atoms with E-state index >= 15 is 0 Å². The Morgan fingerprint density at radius 2 is 2.00 bits per heavy atom. The Morgan fingerprint density at radius 3 is 2.53 bits per heavy atom. The van der Waals surface area contributed by atoms with E-state index in [4.69, 9.17) is 5.73 Å². The average Bonchev–Trinajstić information content (AvgIpc) is 2.34. The van der Waals surface area contributed by atoms with Crippen LogP contribution in [0.3, 0.4) is 0 Å². The minimum atomic E-state index is -3.20. The van der Waals surface area contributed by atoms with E-state index in [-0.39, 0.29) is 5.75 Å². The number of hydrogen-bond donors (Lipinski definition) is 1. The summed E-state index contributed by atoms with van der Waals surface area (Å²) in [5.41, 5.74) is 6.28. The van der Waals surface area contributed by atoms with Gasteiger partial charge in [0, 0.05) is 25.5 Å². The van der Waals surface area contributed by atoms with Crippen LogP contribution in [0.15, 0.2) is 24.5 Å². The van der Waals surface area contributed by atoms with Gasteiger partial charge in [0.05, 0.1) is 5.75 Å². The second-order valence-corrected chi connectivity index (χ2v) is 5.83. The number of nitrogens with zero attached hydrogens (tertiary/aromatic N) is 2. The molecule has 0 bridgehead atoms. The molecule has 2 N–H and O–H groups in total. The zero-order valence-corrected chi connectivity index (χ0v) is 10.9. The molecule has 17 heavy (non-hydrogen) atoms. The van der Waals surface area contributed by atoms with Crippen molar-refractivity contribution in [1.82, 2.24) is 9.29 Å². The molecule has 1 heterocycles. The molecule has 0 unspecified atom stereocenters. The molecule has 0 amide bonds. The van der Waals surface area contributed by atoms with E-state index in [1.165, 1.54) is 4.31 Å². The number of hydrogen-bond acceptors (Lipinski definition) is 4. The van der Waals surface area contributed by atoms with Crippen LogP contribution < -0.4 is 5.73 Å². The van der Waals surface area contributed by atoms with Crippen LogP contribution in [0.25, 0.3) is 0 Å². The van der Waals surface area contributed by atoms with Gasteiger partial charge in [0.15, 0.2) is 0 Å². The van der Waals surface area contributed by atoms with Gasteiger partial charge in [-0.05, 0) is 30.7 Å². The minimum absolute atomic E-state index is 0.114. The molecule has 1 aromatic rings. The summed E-state index contributed by atoms with van der Waals surface area (Å²) in [5, 5.41) is 0. The highest BCUT2D eigenvalue weighted by Crippen LogP contribution is 2.09. The highest BCUT2D eigenvalue weighted by atomic mass is 32.2. The predicted molar refractivity (Wildman–Crippen MR) is 67.8 cm³/mol. The van der Waals surface area contributed by atoms with Crippen molar-refractivity contribution in [3.8, 4) is 0 Å². The third kappa shape index (κ3) is 4.41. The first-order valence-electron chi connectivity index (χ1n) is 5.67. The summed E-state index contributed by atoms with van der Waals surface area (Å²) in [5.74, 6) is 0.114. The molecular weight excluding hydrogens is 238 g/mol. The predicted octanol–water partition coefficient (Wildman–Crippen LogP) is 0.582. The third-order valence-corrected chi connectivity index (χ3v) is 4.44. The molecule has 96 valence electrons. The van der Waals surface area contributed by atoms with E-state index in [1.54, 1.807) is 12.4 Å². The summed E-state index contributed by atoms with van der Waals surface area (Å²) < 4.78 is 25.4. The Hall–Kier alpha value is -0.980. The normalized spacial score (nSPS) is 11.9. The van der Waals surface area contributed by atoms with Crippen molar-refractivity contribution in [2.24, 2.45) is 5.73 Å². The van der Waals surface area contributed by atoms with E-state index < -0.39 is 10.0 Å². The first-order valence-corrected chi connectivity index (χ1v) is 7.28. The Kier molecular flexibility index (Phi) is 5.54. The quantitative estimate of drug-likeness (QED) is 0.775.